The summed E-state index contributed by atoms with van der Waals surface area (Å²) in [7, 11) is 1.62. The minimum Gasteiger partial charge on any atom is -0.497 e. The second-order valence-electron chi connectivity index (χ2n) is 6.36. The summed E-state index contributed by atoms with van der Waals surface area (Å²) in [6.07, 6.45) is 6.51. The highest BCUT2D eigenvalue weighted by atomic mass is 16.5. The van der Waals surface area contributed by atoms with Gasteiger partial charge in [-0.25, -0.2) is 0 Å². The number of ether oxygens (including phenoxy) is 1. The van der Waals surface area contributed by atoms with Gasteiger partial charge in [0, 0.05) is 6.04 Å². The van der Waals surface area contributed by atoms with Crippen LogP contribution in [0.2, 0.25) is 0 Å². The van der Waals surface area contributed by atoms with Gasteiger partial charge >= 0.3 is 0 Å². The van der Waals surface area contributed by atoms with E-state index in [9.17, 15) is 4.79 Å². The highest BCUT2D eigenvalue weighted by molar-refractivity contribution is 5.91. The number of amides is 1. The fraction of sp³-hybridized carbons (Fsp3) is 0.421. The molecular weight excluding hydrogens is 316 g/mol. The van der Waals surface area contributed by atoms with Crippen LogP contribution in [-0.2, 0) is 11.2 Å². The third kappa shape index (κ3) is 5.17. The van der Waals surface area contributed by atoms with E-state index in [0.29, 0.717) is 11.9 Å². The van der Waals surface area contributed by atoms with Crippen LogP contribution in [0.1, 0.15) is 37.7 Å². The molecule has 1 aliphatic rings. The number of carbonyl (C=O) groups excluding carboxylic acids is 1. The second-order valence-corrected chi connectivity index (χ2v) is 6.36. The zero-order valence-corrected chi connectivity index (χ0v) is 14.5. The van der Waals surface area contributed by atoms with Gasteiger partial charge in [-0.2, -0.15) is 0 Å². The molecule has 2 aromatic rings. The first-order valence-electron chi connectivity index (χ1n) is 8.76. The maximum absolute atomic E-state index is 12.1. The summed E-state index contributed by atoms with van der Waals surface area (Å²) in [6.45, 7) is 0. The van der Waals surface area contributed by atoms with Crippen LogP contribution in [0.4, 0.5) is 11.6 Å². The largest absolute Gasteiger partial charge is 0.497 e. The molecule has 0 unspecified atom stereocenters. The Morgan fingerprint density at radius 2 is 1.72 bits per heavy atom. The molecule has 0 radical (unpaired) electrons. The highest BCUT2D eigenvalue weighted by Gasteiger charge is 2.13. The summed E-state index contributed by atoms with van der Waals surface area (Å²) in [6, 6.07) is 11.6. The van der Waals surface area contributed by atoms with E-state index in [2.05, 4.69) is 20.8 Å². The smallest absolute Gasteiger partial charge is 0.229 e. The Labute approximate surface area is 148 Å². The van der Waals surface area contributed by atoms with E-state index in [0.717, 1.165) is 17.1 Å². The molecule has 25 heavy (non-hydrogen) atoms. The fourth-order valence-corrected chi connectivity index (χ4v) is 3.05. The highest BCUT2D eigenvalue weighted by Crippen LogP contribution is 2.20. The molecule has 1 heterocycles. The van der Waals surface area contributed by atoms with Gasteiger partial charge in [0.25, 0.3) is 0 Å². The van der Waals surface area contributed by atoms with E-state index in [1.807, 2.05) is 30.3 Å². The number of aromatic nitrogens is 2. The lowest BCUT2D eigenvalue weighted by atomic mass is 9.95. The van der Waals surface area contributed by atoms with Crippen LogP contribution in [0.5, 0.6) is 5.75 Å². The number of carbonyl (C=O) groups is 1. The van der Waals surface area contributed by atoms with Crippen molar-refractivity contribution in [2.24, 2.45) is 0 Å². The predicted molar refractivity (Wildman–Crippen MR) is 97.9 cm³/mol. The molecule has 3 rings (SSSR count). The van der Waals surface area contributed by atoms with Crippen LogP contribution in [0.25, 0.3) is 0 Å². The first-order valence-corrected chi connectivity index (χ1v) is 8.76. The molecule has 1 aliphatic carbocycles. The monoisotopic (exact) mass is 340 g/mol. The topological polar surface area (TPSA) is 76.1 Å². The van der Waals surface area contributed by atoms with Crippen LogP contribution in [-0.4, -0.2) is 29.3 Å². The van der Waals surface area contributed by atoms with E-state index in [-0.39, 0.29) is 12.3 Å². The van der Waals surface area contributed by atoms with E-state index in [1.165, 1.54) is 32.1 Å². The summed E-state index contributed by atoms with van der Waals surface area (Å²) < 4.78 is 5.11. The van der Waals surface area contributed by atoms with Crippen LogP contribution in [0, 0.1) is 0 Å². The molecule has 1 aromatic carbocycles. The van der Waals surface area contributed by atoms with Gasteiger partial charge in [0.15, 0.2) is 5.82 Å². The fourth-order valence-electron chi connectivity index (χ4n) is 3.05. The van der Waals surface area contributed by atoms with Crippen LogP contribution in [0.15, 0.2) is 36.4 Å². The minimum atomic E-state index is -0.118. The molecule has 132 valence electrons. The molecule has 1 amide bonds. The predicted octanol–water partition coefficient (Wildman–Crippen LogP) is 3.41. The molecule has 0 spiro atoms. The Hall–Kier alpha value is -2.63. The molecule has 0 bridgehead atoms. The van der Waals surface area contributed by atoms with E-state index < -0.39 is 0 Å². The summed E-state index contributed by atoms with van der Waals surface area (Å²) >= 11 is 0. The number of benzene rings is 1. The van der Waals surface area contributed by atoms with Gasteiger partial charge in [-0.1, -0.05) is 31.4 Å². The number of hydrogen-bond acceptors (Lipinski definition) is 5. The quantitative estimate of drug-likeness (QED) is 0.843. The lowest BCUT2D eigenvalue weighted by Gasteiger charge is -2.22. The van der Waals surface area contributed by atoms with Gasteiger partial charge in [0.2, 0.25) is 5.91 Å². The van der Waals surface area contributed by atoms with Crippen molar-refractivity contribution in [1.82, 2.24) is 10.2 Å². The van der Waals surface area contributed by atoms with Gasteiger partial charge in [-0.15, -0.1) is 10.2 Å². The van der Waals surface area contributed by atoms with Crippen molar-refractivity contribution in [3.63, 3.8) is 0 Å². The van der Waals surface area contributed by atoms with Crippen molar-refractivity contribution in [3.8, 4) is 5.75 Å². The number of nitrogens with one attached hydrogen (secondary N) is 2. The van der Waals surface area contributed by atoms with Crippen molar-refractivity contribution in [1.29, 1.82) is 0 Å². The van der Waals surface area contributed by atoms with Crippen molar-refractivity contribution < 1.29 is 9.53 Å². The van der Waals surface area contributed by atoms with Gasteiger partial charge in [-0.3, -0.25) is 4.79 Å². The second kappa shape index (κ2) is 8.46. The number of nitrogens with zero attached hydrogens (tertiary/aromatic N) is 2. The Kier molecular flexibility index (Phi) is 5.82. The maximum atomic E-state index is 12.1. The summed E-state index contributed by atoms with van der Waals surface area (Å²) in [5.41, 5.74) is 0.918. The van der Waals surface area contributed by atoms with Crippen LogP contribution < -0.4 is 15.4 Å². The molecule has 1 aromatic heterocycles. The van der Waals surface area contributed by atoms with E-state index in [4.69, 9.17) is 4.74 Å². The Morgan fingerprint density at radius 1 is 1.04 bits per heavy atom. The van der Waals surface area contributed by atoms with Crippen molar-refractivity contribution >= 4 is 17.5 Å². The third-order valence-electron chi connectivity index (χ3n) is 4.41. The molecule has 0 atom stereocenters. The Balaban J connectivity index is 1.50. The summed E-state index contributed by atoms with van der Waals surface area (Å²) in [4.78, 5) is 12.1. The van der Waals surface area contributed by atoms with Crippen molar-refractivity contribution in [2.75, 3.05) is 17.7 Å². The zero-order chi connectivity index (χ0) is 17.5. The van der Waals surface area contributed by atoms with Crippen LogP contribution >= 0.6 is 0 Å². The summed E-state index contributed by atoms with van der Waals surface area (Å²) in [5, 5.41) is 14.4. The number of hydrogen-bond donors (Lipinski definition) is 2. The summed E-state index contributed by atoms with van der Waals surface area (Å²) in [5.74, 6) is 1.89. The lowest BCUT2D eigenvalue weighted by Crippen LogP contribution is -2.23. The van der Waals surface area contributed by atoms with Gasteiger partial charge < -0.3 is 15.4 Å². The Morgan fingerprint density at radius 3 is 2.36 bits per heavy atom. The lowest BCUT2D eigenvalue weighted by molar-refractivity contribution is -0.115. The van der Waals surface area contributed by atoms with E-state index >= 15 is 0 Å². The standard InChI is InChI=1S/C19H24N4O2/c1-25-16-9-7-14(8-10-16)13-19(24)21-18-12-11-17(22-23-18)20-15-5-3-2-4-6-15/h7-12,15H,2-6,13H2,1H3,(H,20,22)(H,21,23,24). The van der Waals surface area contributed by atoms with Gasteiger partial charge in [0.1, 0.15) is 11.6 Å². The third-order valence-corrected chi connectivity index (χ3v) is 4.41. The first kappa shape index (κ1) is 17.2. The molecule has 0 saturated heterocycles. The zero-order valence-electron chi connectivity index (χ0n) is 14.5. The average Bonchev–Trinajstić information content (AvgIpc) is 2.65. The molecule has 1 fully saturated rings. The average molecular weight is 340 g/mol. The molecule has 6 heteroatoms. The van der Waals surface area contributed by atoms with E-state index in [1.54, 1.807) is 13.2 Å². The van der Waals surface area contributed by atoms with Gasteiger partial charge in [-0.05, 0) is 42.7 Å². The van der Waals surface area contributed by atoms with Gasteiger partial charge in [0.05, 0.1) is 13.5 Å². The number of methoxy groups -OCH3 is 1. The SMILES string of the molecule is COc1ccc(CC(=O)Nc2ccc(NC3CCCCC3)nn2)cc1. The molecule has 6 nitrogen and oxygen atoms in total. The molecule has 2 N–H and O–H groups in total. The number of rotatable bonds is 6. The molecule has 0 aliphatic heterocycles. The van der Waals surface area contributed by atoms with Crippen LogP contribution in [0.3, 0.4) is 0 Å². The normalized spacial score (nSPS) is 14.8. The Bertz CT molecular complexity index is 680. The first-order chi connectivity index (χ1) is 12.2. The maximum Gasteiger partial charge on any atom is 0.229 e. The van der Waals surface area contributed by atoms with Crippen molar-refractivity contribution in [2.45, 2.75) is 44.6 Å². The van der Waals surface area contributed by atoms with Crippen molar-refractivity contribution in [3.05, 3.63) is 42.0 Å². The minimum absolute atomic E-state index is 0.118. The molecule has 1 saturated carbocycles. The number of anilines is 2. The molecular formula is C19H24N4O2.